The molecule has 0 saturated carbocycles. The summed E-state index contributed by atoms with van der Waals surface area (Å²) in [6.07, 6.45) is 10.9. The van der Waals surface area contributed by atoms with Crippen LogP contribution in [-0.2, 0) is 12.8 Å². The van der Waals surface area contributed by atoms with Crippen LogP contribution in [0.25, 0.3) is 0 Å². The molecule has 6 heteroatoms. The largest absolute Gasteiger partial charge is 0.384 e. The van der Waals surface area contributed by atoms with Crippen LogP contribution in [0.5, 0.6) is 0 Å². The molecule has 4 nitrogen and oxygen atoms in total. The summed E-state index contributed by atoms with van der Waals surface area (Å²) in [5, 5.41) is 12.1. The zero-order valence-electron chi connectivity index (χ0n) is 18.6. The molecule has 0 unspecified atom stereocenters. The number of piperidine rings is 2. The topological polar surface area (TPSA) is 40.0 Å². The van der Waals surface area contributed by atoms with Crippen molar-refractivity contribution in [2.45, 2.75) is 63.8 Å². The summed E-state index contributed by atoms with van der Waals surface area (Å²) in [5.41, 5.74) is 4.44. The molecule has 2 aromatic carbocycles. The van der Waals surface area contributed by atoms with Gasteiger partial charge in [0.05, 0.1) is 5.69 Å². The molecule has 2 aromatic rings. The summed E-state index contributed by atoms with van der Waals surface area (Å²) >= 11 is 0. The van der Waals surface area contributed by atoms with Crippen molar-refractivity contribution in [3.8, 4) is 0 Å². The van der Waals surface area contributed by atoms with Crippen molar-refractivity contribution in [2.24, 2.45) is 16.1 Å². The van der Waals surface area contributed by atoms with Gasteiger partial charge in [0.2, 0.25) is 0 Å². The predicted octanol–water partition coefficient (Wildman–Crippen LogP) is 6.94. The highest BCUT2D eigenvalue weighted by Gasteiger charge is 2.32. The molecular formula is C26H32F2N4. The van der Waals surface area contributed by atoms with Gasteiger partial charge < -0.3 is 10.2 Å². The summed E-state index contributed by atoms with van der Waals surface area (Å²) < 4.78 is 27.4. The van der Waals surface area contributed by atoms with Crippen molar-refractivity contribution in [3.05, 3.63) is 53.1 Å². The van der Waals surface area contributed by atoms with Crippen molar-refractivity contribution < 1.29 is 8.78 Å². The monoisotopic (exact) mass is 438 g/mol. The average molecular weight is 439 g/mol. The molecule has 0 radical (unpaired) electrons. The van der Waals surface area contributed by atoms with E-state index in [0.717, 1.165) is 55.7 Å². The zero-order valence-corrected chi connectivity index (χ0v) is 18.6. The first kappa shape index (κ1) is 21.5. The van der Waals surface area contributed by atoms with E-state index in [2.05, 4.69) is 26.5 Å². The third-order valence-electron chi connectivity index (χ3n) is 7.47. The fourth-order valence-electron chi connectivity index (χ4n) is 5.83. The van der Waals surface area contributed by atoms with Gasteiger partial charge in [0.25, 0.3) is 0 Å². The van der Waals surface area contributed by atoms with Crippen LogP contribution in [0.4, 0.5) is 25.8 Å². The van der Waals surface area contributed by atoms with E-state index in [-0.39, 0.29) is 5.69 Å². The number of benzene rings is 2. The summed E-state index contributed by atoms with van der Waals surface area (Å²) in [6.45, 7) is 3.55. The van der Waals surface area contributed by atoms with E-state index in [1.165, 1.54) is 68.4 Å². The number of hydrogen-bond donors (Lipinski definition) is 1. The molecule has 2 saturated heterocycles. The fourth-order valence-corrected chi connectivity index (χ4v) is 5.83. The van der Waals surface area contributed by atoms with Crippen LogP contribution in [0.15, 0.2) is 40.6 Å². The molecule has 2 fully saturated rings. The normalized spacial score (nSPS) is 23.7. The minimum atomic E-state index is -0.563. The Balaban J connectivity index is 1.34. The molecule has 170 valence electrons. The van der Waals surface area contributed by atoms with Gasteiger partial charge in [0.1, 0.15) is 11.5 Å². The summed E-state index contributed by atoms with van der Waals surface area (Å²) in [6, 6.07) is 8.07. The Morgan fingerprint density at radius 1 is 0.844 bits per heavy atom. The second-order valence-corrected chi connectivity index (χ2v) is 9.47. The molecule has 1 aliphatic carbocycles. The lowest BCUT2D eigenvalue weighted by Gasteiger charge is -2.44. The SMILES string of the molecule is Fc1ccc(F)c(N=Nc2ccc(NC[C@H]3CCCN4CCCC[C@@H]34)c3c2CCCC3)c1. The number of hydrogen-bond acceptors (Lipinski definition) is 4. The predicted molar refractivity (Wildman–Crippen MR) is 124 cm³/mol. The fraction of sp³-hybridized carbons (Fsp3) is 0.538. The van der Waals surface area contributed by atoms with E-state index >= 15 is 0 Å². The van der Waals surface area contributed by atoms with Crippen LogP contribution >= 0.6 is 0 Å². The van der Waals surface area contributed by atoms with Gasteiger partial charge in [0, 0.05) is 24.3 Å². The number of azo groups is 1. The third-order valence-corrected chi connectivity index (χ3v) is 7.47. The lowest BCUT2D eigenvalue weighted by atomic mass is 9.83. The van der Waals surface area contributed by atoms with E-state index in [1.54, 1.807) is 0 Å². The van der Waals surface area contributed by atoms with Crippen LogP contribution in [0, 0.1) is 17.6 Å². The minimum absolute atomic E-state index is 0.0638. The number of anilines is 1. The first-order valence-corrected chi connectivity index (χ1v) is 12.2. The Morgan fingerprint density at radius 3 is 2.56 bits per heavy atom. The van der Waals surface area contributed by atoms with Crippen molar-refractivity contribution in [2.75, 3.05) is 25.0 Å². The number of halogens is 2. The highest BCUT2D eigenvalue weighted by atomic mass is 19.1. The molecular weight excluding hydrogens is 406 g/mol. The highest BCUT2D eigenvalue weighted by molar-refractivity contribution is 5.64. The van der Waals surface area contributed by atoms with E-state index in [4.69, 9.17) is 0 Å². The van der Waals surface area contributed by atoms with Gasteiger partial charge in [-0.3, -0.25) is 0 Å². The van der Waals surface area contributed by atoms with Crippen LogP contribution in [0.3, 0.4) is 0 Å². The standard InChI is InChI=1S/C26H32F2N4/c27-19-10-11-22(28)25(16-19)31-30-24-13-12-23(20-7-1-2-8-21(20)24)29-17-18-6-5-15-32-14-4-3-9-26(18)32/h10-13,16,18,26,29H,1-9,14-15,17H2/t18-,26+/m1/s1. The summed E-state index contributed by atoms with van der Waals surface area (Å²) in [4.78, 5) is 2.71. The molecule has 2 aliphatic heterocycles. The van der Waals surface area contributed by atoms with Gasteiger partial charge in [-0.2, -0.15) is 5.11 Å². The number of rotatable bonds is 5. The van der Waals surface area contributed by atoms with E-state index in [1.807, 2.05) is 6.07 Å². The second kappa shape index (κ2) is 9.65. The lowest BCUT2D eigenvalue weighted by Crippen LogP contribution is -2.49. The van der Waals surface area contributed by atoms with Crippen molar-refractivity contribution in [1.29, 1.82) is 0 Å². The summed E-state index contributed by atoms with van der Waals surface area (Å²) in [5.74, 6) is -0.369. The second-order valence-electron chi connectivity index (χ2n) is 9.47. The van der Waals surface area contributed by atoms with Gasteiger partial charge >= 0.3 is 0 Å². The lowest BCUT2D eigenvalue weighted by molar-refractivity contribution is 0.0649. The van der Waals surface area contributed by atoms with E-state index in [0.29, 0.717) is 5.92 Å². The first-order valence-electron chi connectivity index (χ1n) is 12.2. The van der Waals surface area contributed by atoms with Crippen molar-refractivity contribution in [1.82, 2.24) is 4.90 Å². The van der Waals surface area contributed by atoms with Gasteiger partial charge in [-0.1, -0.05) is 6.42 Å². The van der Waals surface area contributed by atoms with Gasteiger partial charge in [-0.15, -0.1) is 5.11 Å². The van der Waals surface area contributed by atoms with Gasteiger partial charge in [-0.05, 0) is 106 Å². The zero-order chi connectivity index (χ0) is 21.9. The molecule has 0 aromatic heterocycles. The Hall–Kier alpha value is -2.34. The molecule has 32 heavy (non-hydrogen) atoms. The molecule has 3 aliphatic rings. The van der Waals surface area contributed by atoms with Crippen molar-refractivity contribution in [3.63, 3.8) is 0 Å². The molecule has 1 N–H and O–H groups in total. The Labute approximate surface area is 189 Å². The van der Waals surface area contributed by atoms with E-state index < -0.39 is 11.6 Å². The number of fused-ring (bicyclic) bond motifs is 2. The van der Waals surface area contributed by atoms with Gasteiger partial charge in [0.15, 0.2) is 5.82 Å². The summed E-state index contributed by atoms with van der Waals surface area (Å²) in [7, 11) is 0. The third kappa shape index (κ3) is 4.56. The van der Waals surface area contributed by atoms with Crippen LogP contribution in [-0.4, -0.2) is 30.6 Å². The van der Waals surface area contributed by atoms with Crippen LogP contribution < -0.4 is 5.32 Å². The smallest absolute Gasteiger partial charge is 0.150 e. The Kier molecular flexibility index (Phi) is 6.49. The molecule has 0 amide bonds. The van der Waals surface area contributed by atoms with Crippen LogP contribution in [0.2, 0.25) is 0 Å². The Morgan fingerprint density at radius 2 is 1.66 bits per heavy atom. The molecule has 5 rings (SSSR count). The highest BCUT2D eigenvalue weighted by Crippen LogP contribution is 2.37. The van der Waals surface area contributed by atoms with Crippen molar-refractivity contribution >= 4 is 17.1 Å². The van der Waals surface area contributed by atoms with E-state index in [9.17, 15) is 8.78 Å². The maximum atomic E-state index is 13.9. The molecule has 0 spiro atoms. The quantitative estimate of drug-likeness (QED) is 0.514. The first-order chi connectivity index (χ1) is 15.7. The maximum absolute atomic E-state index is 13.9. The molecule has 2 heterocycles. The molecule has 0 bridgehead atoms. The van der Waals surface area contributed by atoms with Crippen LogP contribution in [0.1, 0.15) is 56.1 Å². The molecule has 2 atom stereocenters. The average Bonchev–Trinajstić information content (AvgIpc) is 2.83. The number of nitrogens with one attached hydrogen (secondary N) is 1. The van der Waals surface area contributed by atoms with Gasteiger partial charge in [-0.25, -0.2) is 8.78 Å². The number of nitrogens with zero attached hydrogens (tertiary/aromatic N) is 3. The maximum Gasteiger partial charge on any atom is 0.150 e. The Bertz CT molecular complexity index is 988. The minimum Gasteiger partial charge on any atom is -0.384 e.